The van der Waals surface area contributed by atoms with Crippen LogP contribution in [0, 0.1) is 0 Å². The van der Waals surface area contributed by atoms with Gasteiger partial charge in [-0.15, -0.1) is 11.3 Å². The van der Waals surface area contributed by atoms with Crippen LogP contribution in [0.2, 0.25) is 0 Å². The van der Waals surface area contributed by atoms with Crippen LogP contribution in [0.15, 0.2) is 23.7 Å². The van der Waals surface area contributed by atoms with E-state index < -0.39 is 0 Å². The van der Waals surface area contributed by atoms with E-state index in [2.05, 4.69) is 16.9 Å². The lowest BCUT2D eigenvalue weighted by molar-refractivity contribution is 0.0713. The number of H-pyrrole nitrogens is 1. The van der Waals surface area contributed by atoms with Crippen molar-refractivity contribution in [2.75, 3.05) is 26.2 Å². The van der Waals surface area contributed by atoms with E-state index in [0.29, 0.717) is 37.6 Å². The molecule has 24 heavy (non-hydrogen) atoms. The van der Waals surface area contributed by atoms with Gasteiger partial charge in [0, 0.05) is 37.8 Å². The molecule has 1 saturated heterocycles. The van der Waals surface area contributed by atoms with Crippen LogP contribution in [0.5, 0.6) is 0 Å². The third kappa shape index (κ3) is 3.67. The molecule has 0 atom stereocenters. The second-order valence-corrected chi connectivity index (χ2v) is 6.84. The van der Waals surface area contributed by atoms with Crippen LogP contribution in [0.4, 0.5) is 0 Å². The minimum Gasteiger partial charge on any atom is -0.357 e. The van der Waals surface area contributed by atoms with Gasteiger partial charge in [0.15, 0.2) is 0 Å². The highest BCUT2D eigenvalue weighted by atomic mass is 32.1. The molecule has 1 N–H and O–H groups in total. The molecule has 0 saturated carbocycles. The summed E-state index contributed by atoms with van der Waals surface area (Å²) in [5.41, 5.74) is 1.13. The number of aromatic amines is 1. The second-order valence-electron chi connectivity index (χ2n) is 5.90. The monoisotopic (exact) mass is 346 g/mol. The van der Waals surface area contributed by atoms with Crippen LogP contribution in [0.25, 0.3) is 0 Å². The molecule has 0 spiro atoms. The Hall–Kier alpha value is -2.15. The Bertz CT molecular complexity index is 695. The van der Waals surface area contributed by atoms with Crippen LogP contribution in [0.1, 0.15) is 45.7 Å². The van der Waals surface area contributed by atoms with Crippen LogP contribution in [-0.4, -0.2) is 57.8 Å². The highest BCUT2D eigenvalue weighted by Gasteiger charge is 2.25. The molecule has 3 heterocycles. The van der Waals surface area contributed by atoms with Gasteiger partial charge in [-0.2, -0.15) is 0 Å². The van der Waals surface area contributed by atoms with Crippen LogP contribution >= 0.6 is 11.3 Å². The molecule has 2 aromatic heterocycles. The number of amides is 2. The van der Waals surface area contributed by atoms with Crippen molar-refractivity contribution >= 4 is 23.2 Å². The minimum atomic E-state index is -0.0252. The maximum absolute atomic E-state index is 12.6. The lowest BCUT2D eigenvalue weighted by atomic mass is 10.3. The Labute approximate surface area is 145 Å². The lowest BCUT2D eigenvalue weighted by Crippen LogP contribution is -2.37. The number of carbonyl (C=O) groups is 2. The number of hydrogen-bond donors (Lipinski definition) is 1. The van der Waals surface area contributed by atoms with Gasteiger partial charge < -0.3 is 14.8 Å². The van der Waals surface area contributed by atoms with Gasteiger partial charge in [0.05, 0.1) is 5.01 Å². The first-order valence-corrected chi connectivity index (χ1v) is 9.23. The molecule has 0 bridgehead atoms. The normalized spacial score (nSPS) is 15.4. The summed E-state index contributed by atoms with van der Waals surface area (Å²) in [5.74, 6) is -0.0315. The maximum Gasteiger partial charge on any atom is 0.273 e. The molecule has 1 fully saturated rings. The van der Waals surface area contributed by atoms with Crippen molar-refractivity contribution in [3.63, 3.8) is 0 Å². The van der Waals surface area contributed by atoms with E-state index in [-0.39, 0.29) is 11.8 Å². The molecule has 1 aliphatic rings. The quantitative estimate of drug-likeness (QED) is 0.924. The zero-order valence-electron chi connectivity index (χ0n) is 13.8. The topological polar surface area (TPSA) is 69.3 Å². The fraction of sp³-hybridized carbons (Fsp3) is 0.471. The molecule has 2 aromatic rings. The van der Waals surface area contributed by atoms with E-state index in [1.807, 2.05) is 21.2 Å². The number of carbonyl (C=O) groups excluding carboxylic acids is 2. The van der Waals surface area contributed by atoms with Crippen molar-refractivity contribution in [1.82, 2.24) is 19.8 Å². The van der Waals surface area contributed by atoms with Crippen molar-refractivity contribution in [2.24, 2.45) is 0 Å². The molecular weight excluding hydrogens is 324 g/mol. The van der Waals surface area contributed by atoms with E-state index in [1.165, 1.54) is 0 Å². The largest absolute Gasteiger partial charge is 0.357 e. The van der Waals surface area contributed by atoms with E-state index >= 15 is 0 Å². The fourth-order valence-corrected chi connectivity index (χ4v) is 3.73. The third-order valence-electron chi connectivity index (χ3n) is 4.13. The number of aromatic nitrogens is 2. The molecule has 0 aromatic carbocycles. The first-order valence-electron chi connectivity index (χ1n) is 8.35. The standard InChI is InChI=1S/C17H22N4O2S/c1-2-5-15-19-14(12-24-15)17(23)21-9-4-8-20(10-11-21)16(22)13-6-3-7-18-13/h3,6-7,12,18H,2,4-5,8-11H2,1H3. The summed E-state index contributed by atoms with van der Waals surface area (Å²) in [5, 5.41) is 2.86. The summed E-state index contributed by atoms with van der Waals surface area (Å²) in [6.07, 6.45) is 4.47. The average Bonchev–Trinajstić information content (AvgIpc) is 3.21. The van der Waals surface area contributed by atoms with Gasteiger partial charge in [-0.25, -0.2) is 4.98 Å². The molecular formula is C17H22N4O2S. The van der Waals surface area contributed by atoms with Gasteiger partial charge in [-0.05, 0) is 31.4 Å². The Balaban J connectivity index is 1.62. The van der Waals surface area contributed by atoms with Crippen molar-refractivity contribution in [3.8, 4) is 0 Å². The summed E-state index contributed by atoms with van der Waals surface area (Å²) >= 11 is 1.55. The Morgan fingerprint density at radius 2 is 1.96 bits per heavy atom. The van der Waals surface area contributed by atoms with Crippen molar-refractivity contribution in [1.29, 1.82) is 0 Å². The van der Waals surface area contributed by atoms with Gasteiger partial charge in [-0.1, -0.05) is 6.92 Å². The van der Waals surface area contributed by atoms with E-state index in [9.17, 15) is 9.59 Å². The highest BCUT2D eigenvalue weighted by Crippen LogP contribution is 2.15. The number of nitrogens with zero attached hydrogens (tertiary/aromatic N) is 3. The predicted octanol–water partition coefficient (Wildman–Crippen LogP) is 2.41. The van der Waals surface area contributed by atoms with E-state index in [4.69, 9.17) is 0 Å². The molecule has 1 aliphatic heterocycles. The molecule has 6 nitrogen and oxygen atoms in total. The number of rotatable bonds is 4. The first-order chi connectivity index (χ1) is 11.7. The van der Waals surface area contributed by atoms with Gasteiger partial charge >= 0.3 is 0 Å². The van der Waals surface area contributed by atoms with Gasteiger partial charge in [-0.3, -0.25) is 9.59 Å². The van der Waals surface area contributed by atoms with Crippen LogP contribution < -0.4 is 0 Å². The zero-order valence-corrected chi connectivity index (χ0v) is 14.6. The Morgan fingerprint density at radius 3 is 2.62 bits per heavy atom. The van der Waals surface area contributed by atoms with Crippen LogP contribution in [-0.2, 0) is 6.42 Å². The van der Waals surface area contributed by atoms with E-state index in [1.54, 1.807) is 23.6 Å². The Kier molecular flexibility index (Phi) is 5.30. The molecule has 128 valence electrons. The predicted molar refractivity (Wildman–Crippen MR) is 93.3 cm³/mol. The van der Waals surface area contributed by atoms with Gasteiger partial charge in [0.1, 0.15) is 11.4 Å². The van der Waals surface area contributed by atoms with Crippen molar-refractivity contribution < 1.29 is 9.59 Å². The molecule has 7 heteroatoms. The number of hydrogen-bond acceptors (Lipinski definition) is 4. The maximum atomic E-state index is 12.6. The van der Waals surface area contributed by atoms with Crippen LogP contribution in [0.3, 0.4) is 0 Å². The fourth-order valence-electron chi connectivity index (χ4n) is 2.86. The van der Waals surface area contributed by atoms with Gasteiger partial charge in [0.2, 0.25) is 0 Å². The summed E-state index contributed by atoms with van der Waals surface area (Å²) < 4.78 is 0. The first kappa shape index (κ1) is 16.7. The van der Waals surface area contributed by atoms with Crippen molar-refractivity contribution in [2.45, 2.75) is 26.2 Å². The summed E-state index contributed by atoms with van der Waals surface area (Å²) in [6, 6.07) is 3.59. The molecule has 0 aliphatic carbocycles. The third-order valence-corrected chi connectivity index (χ3v) is 5.04. The smallest absolute Gasteiger partial charge is 0.273 e. The number of thiazole rings is 1. The lowest BCUT2D eigenvalue weighted by Gasteiger charge is -2.21. The highest BCUT2D eigenvalue weighted by molar-refractivity contribution is 7.09. The Morgan fingerprint density at radius 1 is 1.21 bits per heavy atom. The zero-order chi connectivity index (χ0) is 16.9. The summed E-state index contributed by atoms with van der Waals surface area (Å²) in [7, 11) is 0. The molecule has 0 unspecified atom stereocenters. The molecule has 2 amide bonds. The average molecular weight is 346 g/mol. The summed E-state index contributed by atoms with van der Waals surface area (Å²) in [4.78, 5) is 36.1. The van der Waals surface area contributed by atoms with E-state index in [0.717, 1.165) is 24.3 Å². The molecule has 3 rings (SSSR count). The minimum absolute atomic E-state index is 0.00631. The number of nitrogens with one attached hydrogen (secondary N) is 1. The second kappa shape index (κ2) is 7.61. The van der Waals surface area contributed by atoms with Crippen molar-refractivity contribution in [3.05, 3.63) is 40.1 Å². The SMILES string of the molecule is CCCc1nc(C(=O)N2CCCN(C(=O)c3ccc[nH]3)CC2)cs1. The summed E-state index contributed by atoms with van der Waals surface area (Å²) in [6.45, 7) is 4.53. The van der Waals surface area contributed by atoms with Gasteiger partial charge in [0.25, 0.3) is 11.8 Å². The number of aryl methyl sites for hydroxylation is 1. The molecule has 0 radical (unpaired) electrons.